The van der Waals surface area contributed by atoms with Crippen LogP contribution in [0.2, 0.25) is 0 Å². The van der Waals surface area contributed by atoms with Gasteiger partial charge in [0.15, 0.2) is 0 Å². The van der Waals surface area contributed by atoms with Gasteiger partial charge in [-0.15, -0.1) is 0 Å². The van der Waals surface area contributed by atoms with E-state index in [4.69, 9.17) is 14.2 Å². The Balaban J connectivity index is 2.15. The summed E-state index contributed by atoms with van der Waals surface area (Å²) in [6.45, 7) is 5.33. The average Bonchev–Trinajstić information content (AvgIpc) is 2.99. The number of rotatable bonds is 9. The van der Waals surface area contributed by atoms with Crippen LogP contribution in [0, 0.1) is 11.8 Å². The molecule has 1 aliphatic rings. The number of halogens is 3. The van der Waals surface area contributed by atoms with Crippen LogP contribution >= 0.6 is 0 Å². The smallest absolute Gasteiger partial charge is 0.432 e. The van der Waals surface area contributed by atoms with E-state index in [1.54, 1.807) is 6.07 Å². The Morgan fingerprint density at radius 2 is 1.90 bits per heavy atom. The molecule has 1 aromatic rings. The molecule has 2 rings (SSSR count). The molecular formula is C22H29F3O5. The van der Waals surface area contributed by atoms with Gasteiger partial charge in [-0.1, -0.05) is 44.2 Å². The highest BCUT2D eigenvalue weighted by Gasteiger charge is 2.64. The molecule has 8 heteroatoms. The number of carbonyl (C=O) groups excluding carboxylic acids is 2. The molecule has 0 N–H and O–H groups in total. The van der Waals surface area contributed by atoms with Crippen LogP contribution in [0.4, 0.5) is 13.2 Å². The number of cyclic esters (lactones) is 1. The molecule has 1 heterocycles. The van der Waals surface area contributed by atoms with Gasteiger partial charge in [0.1, 0.15) is 5.60 Å². The summed E-state index contributed by atoms with van der Waals surface area (Å²) in [5, 5.41) is 0. The Morgan fingerprint density at radius 1 is 1.27 bits per heavy atom. The van der Waals surface area contributed by atoms with Crippen molar-refractivity contribution in [2.24, 2.45) is 11.8 Å². The van der Waals surface area contributed by atoms with Crippen molar-refractivity contribution in [1.82, 2.24) is 0 Å². The second kappa shape index (κ2) is 9.37. The number of ether oxygens (including phenoxy) is 3. The van der Waals surface area contributed by atoms with Gasteiger partial charge in [-0.25, -0.2) is 4.79 Å². The maximum absolute atomic E-state index is 13.9. The molecule has 5 nitrogen and oxygen atoms in total. The van der Waals surface area contributed by atoms with Gasteiger partial charge in [0.2, 0.25) is 0 Å². The fourth-order valence-corrected chi connectivity index (χ4v) is 4.02. The number of hydrogen-bond donors (Lipinski definition) is 0. The van der Waals surface area contributed by atoms with Crippen LogP contribution in [0.5, 0.6) is 0 Å². The van der Waals surface area contributed by atoms with Gasteiger partial charge in [0, 0.05) is 19.1 Å². The summed E-state index contributed by atoms with van der Waals surface area (Å²) < 4.78 is 57.3. The molecule has 0 spiro atoms. The van der Waals surface area contributed by atoms with Crippen molar-refractivity contribution in [1.29, 1.82) is 0 Å². The van der Waals surface area contributed by atoms with E-state index in [2.05, 4.69) is 0 Å². The maximum atomic E-state index is 13.9. The van der Waals surface area contributed by atoms with Crippen molar-refractivity contribution in [3.8, 4) is 0 Å². The first-order valence-corrected chi connectivity index (χ1v) is 10.1. The molecule has 0 bridgehead atoms. The van der Waals surface area contributed by atoms with Crippen LogP contribution < -0.4 is 0 Å². The molecule has 2 unspecified atom stereocenters. The van der Waals surface area contributed by atoms with Gasteiger partial charge < -0.3 is 14.2 Å². The lowest BCUT2D eigenvalue weighted by molar-refractivity contribution is -0.276. The predicted octanol–water partition coefficient (Wildman–Crippen LogP) is 4.78. The van der Waals surface area contributed by atoms with Crippen LogP contribution in [0.15, 0.2) is 30.3 Å². The van der Waals surface area contributed by atoms with Crippen molar-refractivity contribution in [2.45, 2.75) is 63.8 Å². The summed E-state index contributed by atoms with van der Waals surface area (Å²) in [4.78, 5) is 24.6. The highest BCUT2D eigenvalue weighted by molar-refractivity contribution is 5.82. The summed E-state index contributed by atoms with van der Waals surface area (Å²) in [7, 11) is 0.836. The van der Waals surface area contributed by atoms with Crippen LogP contribution in [-0.2, 0) is 29.4 Å². The normalized spacial score (nSPS) is 24.8. The number of methoxy groups -OCH3 is 1. The van der Waals surface area contributed by atoms with Crippen LogP contribution in [0.3, 0.4) is 0 Å². The third-order valence-electron chi connectivity index (χ3n) is 5.77. The molecule has 0 radical (unpaired) electrons. The van der Waals surface area contributed by atoms with E-state index < -0.39 is 23.3 Å². The Hall–Kier alpha value is -2.09. The van der Waals surface area contributed by atoms with Crippen molar-refractivity contribution >= 4 is 11.9 Å². The molecule has 1 aromatic carbocycles. The Morgan fingerprint density at radius 3 is 2.37 bits per heavy atom. The zero-order valence-electron chi connectivity index (χ0n) is 17.8. The van der Waals surface area contributed by atoms with E-state index in [1.807, 2.05) is 20.8 Å². The molecular weight excluding hydrogens is 401 g/mol. The lowest BCUT2D eigenvalue weighted by Gasteiger charge is -2.33. The SMILES string of the molecule is CCC1CC(C)(C[C@@H](CC)COC(=O)[C@](OC)(c2ccccc2)C(F)(F)F)OC1=O. The molecule has 168 valence electrons. The minimum Gasteiger partial charge on any atom is -0.463 e. The topological polar surface area (TPSA) is 61.8 Å². The van der Waals surface area contributed by atoms with Crippen LogP contribution in [0.25, 0.3) is 0 Å². The van der Waals surface area contributed by atoms with Gasteiger partial charge >= 0.3 is 18.1 Å². The Labute approximate surface area is 174 Å². The zero-order valence-corrected chi connectivity index (χ0v) is 17.8. The number of hydrogen-bond acceptors (Lipinski definition) is 5. The lowest BCUT2D eigenvalue weighted by Crippen LogP contribution is -2.52. The average molecular weight is 430 g/mol. The van der Waals surface area contributed by atoms with E-state index in [-0.39, 0.29) is 30.0 Å². The van der Waals surface area contributed by atoms with Gasteiger partial charge in [0.25, 0.3) is 5.60 Å². The molecule has 0 amide bonds. The zero-order chi connectivity index (χ0) is 22.6. The van der Waals surface area contributed by atoms with Crippen LogP contribution in [0.1, 0.15) is 52.0 Å². The summed E-state index contributed by atoms with van der Waals surface area (Å²) in [5.74, 6) is -2.21. The summed E-state index contributed by atoms with van der Waals surface area (Å²) >= 11 is 0. The quantitative estimate of drug-likeness (QED) is 0.528. The molecule has 1 saturated heterocycles. The fourth-order valence-electron chi connectivity index (χ4n) is 4.02. The van der Waals surface area contributed by atoms with E-state index in [1.165, 1.54) is 24.3 Å². The van der Waals surface area contributed by atoms with Crippen molar-refractivity contribution in [2.75, 3.05) is 13.7 Å². The van der Waals surface area contributed by atoms with Gasteiger partial charge in [0.05, 0.1) is 12.5 Å². The monoisotopic (exact) mass is 430 g/mol. The van der Waals surface area contributed by atoms with E-state index in [0.717, 1.165) is 7.11 Å². The van der Waals surface area contributed by atoms with Gasteiger partial charge in [-0.05, 0) is 32.1 Å². The first-order valence-electron chi connectivity index (χ1n) is 10.1. The molecule has 0 saturated carbocycles. The second-order valence-electron chi connectivity index (χ2n) is 8.01. The number of benzene rings is 1. The van der Waals surface area contributed by atoms with Crippen molar-refractivity contribution in [3.05, 3.63) is 35.9 Å². The number of esters is 2. The third-order valence-corrected chi connectivity index (χ3v) is 5.77. The van der Waals surface area contributed by atoms with Crippen molar-refractivity contribution < 1.29 is 37.0 Å². The number of alkyl halides is 3. The standard InChI is InChI=1S/C22H29F3O5/c1-5-15(12-20(3)13-16(6-2)18(26)30-20)14-29-19(27)21(28-4,22(23,24)25)17-10-8-7-9-11-17/h7-11,15-16H,5-6,12-14H2,1-4H3/t15-,16?,20?,21-/m1/s1. The summed E-state index contributed by atoms with van der Waals surface area (Å²) in [6, 6.07) is 6.71. The highest BCUT2D eigenvalue weighted by atomic mass is 19.4. The minimum absolute atomic E-state index is 0.181. The number of carbonyl (C=O) groups is 2. The minimum atomic E-state index is -5.01. The second-order valence-corrected chi connectivity index (χ2v) is 8.01. The first kappa shape index (κ1) is 24.2. The van der Waals surface area contributed by atoms with E-state index in [0.29, 0.717) is 25.7 Å². The van der Waals surface area contributed by atoms with Gasteiger partial charge in [-0.3, -0.25) is 4.79 Å². The Kier molecular flexibility index (Phi) is 7.55. The van der Waals surface area contributed by atoms with E-state index in [9.17, 15) is 22.8 Å². The molecule has 0 aromatic heterocycles. The maximum Gasteiger partial charge on any atom is 0.432 e. The van der Waals surface area contributed by atoms with Gasteiger partial charge in [-0.2, -0.15) is 13.2 Å². The predicted molar refractivity (Wildman–Crippen MR) is 103 cm³/mol. The first-order chi connectivity index (χ1) is 14.0. The Bertz CT molecular complexity index is 736. The lowest BCUT2D eigenvalue weighted by atomic mass is 9.85. The largest absolute Gasteiger partial charge is 0.463 e. The summed E-state index contributed by atoms with van der Waals surface area (Å²) in [5.41, 5.74) is -4.27. The molecule has 1 aliphatic heterocycles. The molecule has 30 heavy (non-hydrogen) atoms. The highest BCUT2D eigenvalue weighted by Crippen LogP contribution is 2.43. The summed E-state index contributed by atoms with van der Waals surface area (Å²) in [6.07, 6.45) is -2.85. The molecule has 0 aliphatic carbocycles. The van der Waals surface area contributed by atoms with E-state index >= 15 is 0 Å². The third kappa shape index (κ3) is 4.79. The molecule has 4 atom stereocenters. The fraction of sp³-hybridized carbons (Fsp3) is 0.636. The van der Waals surface area contributed by atoms with Crippen molar-refractivity contribution in [3.63, 3.8) is 0 Å². The van der Waals surface area contributed by atoms with Crippen LogP contribution in [-0.4, -0.2) is 37.4 Å². The molecule has 1 fully saturated rings.